The highest BCUT2D eigenvalue weighted by Crippen LogP contribution is 2.56. The van der Waals surface area contributed by atoms with E-state index in [2.05, 4.69) is 6.08 Å². The highest BCUT2D eigenvalue weighted by molar-refractivity contribution is 6.35. The van der Waals surface area contributed by atoms with Gasteiger partial charge in [-0.2, -0.15) is 0 Å². The Morgan fingerprint density at radius 1 is 0.833 bits per heavy atom. The number of halogens is 1. The molecule has 1 aliphatic heterocycles. The van der Waals surface area contributed by atoms with Crippen molar-refractivity contribution in [3.05, 3.63) is 131 Å². The molecule has 1 saturated heterocycles. The molecule has 236 valence electrons. The van der Waals surface area contributed by atoms with E-state index in [0.29, 0.717) is 38.4 Å². The molecule has 4 unspecified atom stereocenters. The Hall–Kier alpha value is -5.40. The molecule has 4 atom stereocenters. The number of imide groups is 1. The predicted octanol–water partition coefficient (Wildman–Crippen LogP) is 7.96. The van der Waals surface area contributed by atoms with E-state index >= 15 is 0 Å². The molecule has 0 N–H and O–H groups in total. The van der Waals surface area contributed by atoms with E-state index in [-0.39, 0.29) is 46.8 Å². The Morgan fingerprint density at radius 2 is 1.52 bits per heavy atom. The van der Waals surface area contributed by atoms with E-state index in [9.17, 15) is 19.2 Å². The summed E-state index contributed by atoms with van der Waals surface area (Å²) in [5.41, 5.74) is 5.89. The quantitative estimate of drug-likeness (QED) is 0.0766. The zero-order valence-corrected chi connectivity index (χ0v) is 26.7. The summed E-state index contributed by atoms with van der Waals surface area (Å²) in [4.78, 5) is 59.4. The van der Waals surface area contributed by atoms with Gasteiger partial charge in [-0.25, -0.2) is 9.78 Å². The van der Waals surface area contributed by atoms with E-state index in [1.165, 1.54) is 10.5 Å². The molecule has 7 nitrogen and oxygen atoms in total. The molecule has 3 aliphatic rings. The number of Topliss-reactive ketones (excluding diaryl/α,β-unsaturated/α-hetero) is 1. The van der Waals surface area contributed by atoms with Crippen LogP contribution in [0.3, 0.4) is 0 Å². The second-order valence-corrected chi connectivity index (χ2v) is 13.1. The van der Waals surface area contributed by atoms with Crippen LogP contribution in [-0.4, -0.2) is 35.2 Å². The lowest BCUT2D eigenvalue weighted by Gasteiger charge is -2.19. The summed E-state index contributed by atoms with van der Waals surface area (Å²) < 4.78 is 5.53. The summed E-state index contributed by atoms with van der Waals surface area (Å²) in [6.45, 7) is 1.61. The monoisotopic (exact) mass is 652 g/mol. The maximum Gasteiger partial charge on any atom is 0.339 e. The number of carbonyl (C=O) groups excluding carboxylic acids is 4. The third-order valence-corrected chi connectivity index (χ3v) is 10.3. The van der Waals surface area contributed by atoms with Crippen LogP contribution in [0.25, 0.3) is 33.3 Å². The molecule has 8 rings (SSSR count). The van der Waals surface area contributed by atoms with Crippen LogP contribution in [0.4, 0.5) is 5.69 Å². The van der Waals surface area contributed by atoms with Gasteiger partial charge in [-0.05, 0) is 60.6 Å². The molecule has 2 aliphatic carbocycles. The number of rotatable bonds is 7. The van der Waals surface area contributed by atoms with Crippen LogP contribution < -0.4 is 4.90 Å². The largest absolute Gasteiger partial charge is 0.454 e. The van der Waals surface area contributed by atoms with Crippen LogP contribution in [0.15, 0.2) is 115 Å². The molecular formula is C40H29ClN2O5. The smallest absolute Gasteiger partial charge is 0.339 e. The van der Waals surface area contributed by atoms with Crippen molar-refractivity contribution in [1.29, 1.82) is 0 Å². The molecule has 0 radical (unpaired) electrons. The predicted molar refractivity (Wildman–Crippen MR) is 184 cm³/mol. The number of hydrogen-bond acceptors (Lipinski definition) is 6. The minimum atomic E-state index is -0.685. The van der Waals surface area contributed by atoms with Gasteiger partial charge in [0, 0.05) is 16.5 Å². The van der Waals surface area contributed by atoms with Gasteiger partial charge in [0.2, 0.25) is 11.8 Å². The van der Waals surface area contributed by atoms with Crippen molar-refractivity contribution in [2.45, 2.75) is 13.3 Å². The Morgan fingerprint density at radius 3 is 2.27 bits per heavy atom. The van der Waals surface area contributed by atoms with E-state index in [4.69, 9.17) is 21.3 Å². The number of para-hydroxylation sites is 1. The lowest BCUT2D eigenvalue weighted by atomic mass is 9.82. The van der Waals surface area contributed by atoms with Crippen molar-refractivity contribution in [3.8, 4) is 22.4 Å². The van der Waals surface area contributed by atoms with E-state index in [0.717, 1.165) is 17.5 Å². The molecule has 0 spiro atoms. The van der Waals surface area contributed by atoms with Crippen molar-refractivity contribution >= 4 is 51.8 Å². The van der Waals surface area contributed by atoms with Gasteiger partial charge >= 0.3 is 5.97 Å². The zero-order valence-electron chi connectivity index (χ0n) is 25.9. The first-order valence-electron chi connectivity index (χ1n) is 15.9. The Kier molecular flexibility index (Phi) is 7.30. The van der Waals surface area contributed by atoms with Gasteiger partial charge in [0.15, 0.2) is 12.4 Å². The average molecular weight is 653 g/mol. The van der Waals surface area contributed by atoms with Gasteiger partial charge < -0.3 is 4.74 Å². The topological polar surface area (TPSA) is 93.6 Å². The molecular weight excluding hydrogens is 624 g/mol. The normalized spacial score (nSPS) is 21.0. The van der Waals surface area contributed by atoms with Crippen LogP contribution in [0.2, 0.25) is 5.02 Å². The molecule has 2 amide bonds. The maximum absolute atomic E-state index is 13.5. The minimum absolute atomic E-state index is 0.126. The molecule has 8 heteroatoms. The molecule has 5 aromatic rings. The molecule has 2 fully saturated rings. The summed E-state index contributed by atoms with van der Waals surface area (Å²) in [6.07, 6.45) is 3.03. The molecule has 2 heterocycles. The highest BCUT2D eigenvalue weighted by atomic mass is 35.5. The van der Waals surface area contributed by atoms with Crippen molar-refractivity contribution in [2.75, 3.05) is 11.5 Å². The number of fused-ring (bicyclic) bond motifs is 6. The average Bonchev–Trinajstić information content (AvgIpc) is 3.76. The van der Waals surface area contributed by atoms with E-state index in [1.54, 1.807) is 60.7 Å². The second kappa shape index (κ2) is 11.7. The van der Waals surface area contributed by atoms with Gasteiger partial charge in [-0.3, -0.25) is 19.3 Å². The number of benzene rings is 4. The number of pyridine rings is 1. The lowest BCUT2D eigenvalue weighted by Crippen LogP contribution is -2.32. The first-order valence-corrected chi connectivity index (χ1v) is 16.3. The Bertz CT molecular complexity index is 2180. The number of allylic oxidation sites excluding steroid dienone is 2. The third kappa shape index (κ3) is 4.93. The summed E-state index contributed by atoms with van der Waals surface area (Å²) in [5, 5.41) is 0.846. The first kappa shape index (κ1) is 30.0. The first-order chi connectivity index (χ1) is 23.3. The standard InChI is InChI=1S/C40H29ClN2O5/c1-22-18-27-19-30(22)36-35(27)38(45)43(39(36)46)28-16-14-25(15-17-28)33-20-31(29-8-5-9-32(41)37(29)42-33)40(47)48-21-34(44)26-12-10-24(11-13-26)23-6-3-2-4-7-23/h2-18,20,27,30,35-36H,19,21H2,1H3. The fourth-order valence-corrected chi connectivity index (χ4v) is 7.83. The molecule has 2 bridgehead atoms. The molecule has 1 saturated carbocycles. The van der Waals surface area contributed by atoms with Crippen LogP contribution in [0, 0.1) is 23.7 Å². The van der Waals surface area contributed by atoms with E-state index in [1.807, 2.05) is 49.4 Å². The number of amides is 2. The summed E-state index contributed by atoms with van der Waals surface area (Å²) >= 11 is 6.53. The molecule has 4 aromatic carbocycles. The Labute approximate surface area is 281 Å². The minimum Gasteiger partial charge on any atom is -0.454 e. The zero-order chi connectivity index (χ0) is 33.1. The van der Waals surface area contributed by atoms with Gasteiger partial charge in [0.25, 0.3) is 0 Å². The van der Waals surface area contributed by atoms with Gasteiger partial charge in [0.05, 0.1) is 39.3 Å². The third-order valence-electron chi connectivity index (χ3n) is 9.96. The van der Waals surface area contributed by atoms with Crippen LogP contribution in [-0.2, 0) is 14.3 Å². The number of aromatic nitrogens is 1. The SMILES string of the molecule is CC1=CC2CC1C1C(=O)N(c3ccc(-c4cc(C(=O)OCC(=O)c5ccc(-c6ccccc6)cc5)c5cccc(Cl)c5n4)cc3)C(=O)C21. The van der Waals surface area contributed by atoms with Crippen molar-refractivity contribution < 1.29 is 23.9 Å². The van der Waals surface area contributed by atoms with Gasteiger partial charge in [0.1, 0.15) is 0 Å². The van der Waals surface area contributed by atoms with Gasteiger partial charge in [-0.15, -0.1) is 0 Å². The van der Waals surface area contributed by atoms with Crippen LogP contribution >= 0.6 is 11.6 Å². The van der Waals surface area contributed by atoms with Crippen LogP contribution in [0.5, 0.6) is 0 Å². The maximum atomic E-state index is 13.5. The number of esters is 1. The van der Waals surface area contributed by atoms with Crippen molar-refractivity contribution in [3.63, 3.8) is 0 Å². The molecule has 48 heavy (non-hydrogen) atoms. The number of anilines is 1. The molecule has 1 aromatic heterocycles. The number of ether oxygens (including phenoxy) is 1. The summed E-state index contributed by atoms with van der Waals surface area (Å²) in [5.74, 6) is -1.60. The number of nitrogens with zero attached hydrogens (tertiary/aromatic N) is 2. The summed E-state index contributed by atoms with van der Waals surface area (Å²) in [7, 11) is 0. The van der Waals surface area contributed by atoms with Gasteiger partial charge in [-0.1, -0.05) is 102 Å². The number of ketones is 1. The van der Waals surface area contributed by atoms with Crippen molar-refractivity contribution in [1.82, 2.24) is 4.98 Å². The lowest BCUT2D eigenvalue weighted by molar-refractivity contribution is -0.123. The van der Waals surface area contributed by atoms with Crippen LogP contribution in [0.1, 0.15) is 34.1 Å². The summed E-state index contributed by atoms with van der Waals surface area (Å²) in [6, 6.07) is 30.8. The fraction of sp³-hybridized carbons (Fsp3) is 0.175. The Balaban J connectivity index is 1.03. The number of carbonyl (C=O) groups is 4. The second-order valence-electron chi connectivity index (χ2n) is 12.7. The fourth-order valence-electron chi connectivity index (χ4n) is 7.61. The van der Waals surface area contributed by atoms with Crippen molar-refractivity contribution in [2.24, 2.45) is 23.7 Å². The highest BCUT2D eigenvalue weighted by Gasteiger charge is 2.60. The van der Waals surface area contributed by atoms with E-state index < -0.39 is 12.6 Å². The number of hydrogen-bond donors (Lipinski definition) is 0.